The van der Waals surface area contributed by atoms with Crippen molar-refractivity contribution in [3.8, 4) is 11.5 Å². The summed E-state index contributed by atoms with van der Waals surface area (Å²) in [5.41, 5.74) is 1.06. The lowest BCUT2D eigenvalue weighted by molar-refractivity contribution is -0.139. The van der Waals surface area contributed by atoms with Crippen LogP contribution in [-0.2, 0) is 9.59 Å². The lowest BCUT2D eigenvalue weighted by atomic mass is 9.95. The van der Waals surface area contributed by atoms with Crippen LogP contribution in [0.1, 0.15) is 23.6 Å². The standard InChI is InChI=1S/C23H26N2O5/c1-24(2)12-5-13-25-20(15-8-10-17(26)11-9-15)19(22(28)23(25)29)21(27)16-6-4-7-18(14-16)30-3/h4,6-11,14,20,26-27H,5,12-13H2,1-3H3/b21-19-. The van der Waals surface area contributed by atoms with Gasteiger partial charge < -0.3 is 24.7 Å². The minimum atomic E-state index is -0.737. The number of methoxy groups -OCH3 is 1. The maximum absolute atomic E-state index is 12.9. The van der Waals surface area contributed by atoms with Crippen molar-refractivity contribution in [3.05, 3.63) is 65.2 Å². The molecule has 7 nitrogen and oxygen atoms in total. The first-order valence-corrected chi connectivity index (χ1v) is 9.70. The Labute approximate surface area is 175 Å². The number of Topliss-reactive ketones (excluding diaryl/α,β-unsaturated/α-hetero) is 1. The van der Waals surface area contributed by atoms with Crippen LogP contribution in [0.3, 0.4) is 0 Å². The molecule has 0 bridgehead atoms. The van der Waals surface area contributed by atoms with Crippen molar-refractivity contribution >= 4 is 17.4 Å². The monoisotopic (exact) mass is 410 g/mol. The van der Waals surface area contributed by atoms with E-state index in [9.17, 15) is 19.8 Å². The second-order valence-corrected chi connectivity index (χ2v) is 7.47. The van der Waals surface area contributed by atoms with Gasteiger partial charge in [0.1, 0.15) is 17.3 Å². The smallest absolute Gasteiger partial charge is 0.295 e. The third-order valence-electron chi connectivity index (χ3n) is 5.10. The second-order valence-electron chi connectivity index (χ2n) is 7.47. The average Bonchev–Trinajstić information content (AvgIpc) is 2.98. The Kier molecular flexibility index (Phi) is 6.42. The summed E-state index contributed by atoms with van der Waals surface area (Å²) in [5, 5.41) is 20.7. The Bertz CT molecular complexity index is 966. The molecule has 1 heterocycles. The number of hydrogen-bond donors (Lipinski definition) is 2. The normalized spacial score (nSPS) is 18.3. The third-order valence-corrected chi connectivity index (χ3v) is 5.10. The van der Waals surface area contributed by atoms with E-state index in [1.165, 1.54) is 24.1 Å². The van der Waals surface area contributed by atoms with Gasteiger partial charge in [0.05, 0.1) is 18.7 Å². The van der Waals surface area contributed by atoms with Crippen molar-refractivity contribution in [1.82, 2.24) is 9.80 Å². The van der Waals surface area contributed by atoms with Crippen LogP contribution in [0.5, 0.6) is 11.5 Å². The molecule has 7 heteroatoms. The van der Waals surface area contributed by atoms with Crippen LogP contribution in [0.2, 0.25) is 0 Å². The zero-order valence-corrected chi connectivity index (χ0v) is 17.3. The van der Waals surface area contributed by atoms with Crippen LogP contribution in [-0.4, -0.2) is 66.0 Å². The molecule has 1 aliphatic heterocycles. The van der Waals surface area contributed by atoms with Gasteiger partial charge in [-0.2, -0.15) is 0 Å². The first-order chi connectivity index (χ1) is 14.3. The second kappa shape index (κ2) is 9.00. The third kappa shape index (κ3) is 4.31. The van der Waals surface area contributed by atoms with E-state index in [2.05, 4.69) is 0 Å². The molecule has 1 aliphatic rings. The van der Waals surface area contributed by atoms with Gasteiger partial charge in [-0.25, -0.2) is 0 Å². The molecule has 1 amide bonds. The SMILES string of the molecule is COc1cccc(/C(O)=C2/C(=O)C(=O)N(CCCN(C)C)C2c2ccc(O)cc2)c1. The minimum absolute atomic E-state index is 0.0313. The van der Waals surface area contributed by atoms with Crippen LogP contribution in [0.4, 0.5) is 0 Å². The minimum Gasteiger partial charge on any atom is -0.508 e. The van der Waals surface area contributed by atoms with Gasteiger partial charge in [-0.3, -0.25) is 9.59 Å². The van der Waals surface area contributed by atoms with E-state index < -0.39 is 17.7 Å². The first-order valence-electron chi connectivity index (χ1n) is 9.70. The molecule has 158 valence electrons. The number of phenols is 1. The number of likely N-dealkylation sites (tertiary alicyclic amines) is 1. The maximum Gasteiger partial charge on any atom is 0.295 e. The Balaban J connectivity index is 2.09. The van der Waals surface area contributed by atoms with Crippen LogP contribution < -0.4 is 4.74 Å². The largest absolute Gasteiger partial charge is 0.508 e. The van der Waals surface area contributed by atoms with Gasteiger partial charge in [0.15, 0.2) is 0 Å². The highest BCUT2D eigenvalue weighted by Gasteiger charge is 2.45. The first kappa shape index (κ1) is 21.4. The molecule has 30 heavy (non-hydrogen) atoms. The van der Waals surface area contributed by atoms with Crippen molar-refractivity contribution < 1.29 is 24.5 Å². The van der Waals surface area contributed by atoms with E-state index in [1.807, 2.05) is 19.0 Å². The molecule has 1 atom stereocenters. The van der Waals surface area contributed by atoms with Crippen molar-refractivity contribution in [2.45, 2.75) is 12.5 Å². The predicted molar refractivity (Wildman–Crippen MR) is 113 cm³/mol. The summed E-state index contributed by atoms with van der Waals surface area (Å²) in [5.74, 6) is -1.01. The van der Waals surface area contributed by atoms with E-state index in [-0.39, 0.29) is 17.1 Å². The number of aliphatic hydroxyl groups excluding tert-OH is 1. The molecule has 1 unspecified atom stereocenters. The molecule has 0 aliphatic carbocycles. The number of hydrogen-bond acceptors (Lipinski definition) is 6. The van der Waals surface area contributed by atoms with Crippen molar-refractivity contribution in [2.75, 3.05) is 34.3 Å². The molecule has 2 aromatic carbocycles. The molecule has 0 spiro atoms. The topological polar surface area (TPSA) is 90.3 Å². The van der Waals surface area contributed by atoms with Gasteiger partial charge in [0.25, 0.3) is 11.7 Å². The fraction of sp³-hybridized carbons (Fsp3) is 0.304. The van der Waals surface area contributed by atoms with E-state index >= 15 is 0 Å². The lowest BCUT2D eigenvalue weighted by Gasteiger charge is -2.26. The van der Waals surface area contributed by atoms with E-state index in [0.29, 0.717) is 29.8 Å². The fourth-order valence-corrected chi connectivity index (χ4v) is 3.60. The molecular formula is C23H26N2O5. The molecular weight excluding hydrogens is 384 g/mol. The van der Waals surface area contributed by atoms with Crippen molar-refractivity contribution in [1.29, 1.82) is 0 Å². The number of ether oxygens (including phenoxy) is 1. The molecule has 1 fully saturated rings. The number of phenolic OH excluding ortho intramolecular Hbond substituents is 1. The van der Waals surface area contributed by atoms with Crippen LogP contribution in [0.15, 0.2) is 54.1 Å². The number of benzene rings is 2. The summed E-state index contributed by atoms with van der Waals surface area (Å²) in [4.78, 5) is 29.3. The molecule has 2 aromatic rings. The summed E-state index contributed by atoms with van der Waals surface area (Å²) >= 11 is 0. The van der Waals surface area contributed by atoms with E-state index in [4.69, 9.17) is 4.74 Å². The quantitative estimate of drug-likeness (QED) is 0.414. The summed E-state index contributed by atoms with van der Waals surface area (Å²) in [6.45, 7) is 1.12. The molecule has 3 rings (SSSR count). The van der Waals surface area contributed by atoms with Crippen LogP contribution in [0, 0.1) is 0 Å². The van der Waals surface area contributed by atoms with Gasteiger partial charge >= 0.3 is 0 Å². The number of carbonyl (C=O) groups is 2. The number of amides is 1. The van der Waals surface area contributed by atoms with Crippen molar-refractivity contribution in [2.24, 2.45) is 0 Å². The van der Waals surface area contributed by atoms with Crippen LogP contribution in [0.25, 0.3) is 5.76 Å². The number of aromatic hydroxyl groups is 1. The Morgan fingerprint density at radius 3 is 2.47 bits per heavy atom. The predicted octanol–water partition coefficient (Wildman–Crippen LogP) is 2.77. The molecule has 1 saturated heterocycles. The number of rotatable bonds is 7. The van der Waals surface area contributed by atoms with Gasteiger partial charge in [0.2, 0.25) is 0 Å². The lowest BCUT2D eigenvalue weighted by Crippen LogP contribution is -2.32. The van der Waals surface area contributed by atoms with E-state index in [1.54, 1.807) is 36.4 Å². The number of carbonyl (C=O) groups excluding carboxylic acids is 2. The van der Waals surface area contributed by atoms with Crippen molar-refractivity contribution in [3.63, 3.8) is 0 Å². The highest BCUT2D eigenvalue weighted by Crippen LogP contribution is 2.40. The summed E-state index contributed by atoms with van der Waals surface area (Å²) in [7, 11) is 5.39. The summed E-state index contributed by atoms with van der Waals surface area (Å²) < 4.78 is 5.21. The highest BCUT2D eigenvalue weighted by atomic mass is 16.5. The zero-order valence-electron chi connectivity index (χ0n) is 17.3. The van der Waals surface area contributed by atoms with E-state index in [0.717, 1.165) is 6.54 Å². The Hall–Kier alpha value is -3.32. The van der Waals surface area contributed by atoms with Gasteiger partial charge in [-0.15, -0.1) is 0 Å². The van der Waals surface area contributed by atoms with Crippen LogP contribution >= 0.6 is 0 Å². The Morgan fingerprint density at radius 2 is 1.83 bits per heavy atom. The maximum atomic E-state index is 12.9. The summed E-state index contributed by atoms with van der Waals surface area (Å²) in [6, 6.07) is 12.3. The van der Waals surface area contributed by atoms with Gasteiger partial charge in [0, 0.05) is 12.1 Å². The number of nitrogens with zero attached hydrogens (tertiary/aromatic N) is 2. The number of aliphatic hydroxyl groups is 1. The fourth-order valence-electron chi connectivity index (χ4n) is 3.60. The summed E-state index contributed by atoms with van der Waals surface area (Å²) in [6.07, 6.45) is 0.674. The molecule has 2 N–H and O–H groups in total. The van der Waals surface area contributed by atoms with Gasteiger partial charge in [-0.05, 0) is 56.9 Å². The molecule has 0 saturated carbocycles. The molecule has 0 radical (unpaired) electrons. The highest BCUT2D eigenvalue weighted by molar-refractivity contribution is 6.46. The molecule has 0 aromatic heterocycles. The number of ketones is 1. The Morgan fingerprint density at radius 1 is 1.13 bits per heavy atom. The zero-order chi connectivity index (χ0) is 21.8. The van der Waals surface area contributed by atoms with Gasteiger partial charge in [-0.1, -0.05) is 24.3 Å². The average molecular weight is 410 g/mol.